The van der Waals surface area contributed by atoms with Gasteiger partial charge in [-0.25, -0.2) is 9.97 Å². The molecule has 1 aliphatic heterocycles. The molecule has 0 radical (unpaired) electrons. The van der Waals surface area contributed by atoms with E-state index in [-0.39, 0.29) is 11.8 Å². The summed E-state index contributed by atoms with van der Waals surface area (Å²) in [4.78, 5) is 23.2. The molecule has 110 valence electrons. The average Bonchev–Trinajstić information content (AvgIpc) is 3.15. The van der Waals surface area contributed by atoms with Crippen molar-refractivity contribution in [2.75, 3.05) is 19.0 Å². The highest BCUT2D eigenvalue weighted by Crippen LogP contribution is 2.31. The van der Waals surface area contributed by atoms with Crippen LogP contribution in [0.25, 0.3) is 16.3 Å². The van der Waals surface area contributed by atoms with Gasteiger partial charge in [-0.15, -0.1) is 22.9 Å². The minimum Gasteiger partial charge on any atom is -0.338 e. The third kappa shape index (κ3) is 2.87. The number of hydrogen-bond donors (Lipinski definition) is 0. The second-order valence-electron chi connectivity index (χ2n) is 4.84. The van der Waals surface area contributed by atoms with Gasteiger partial charge in [0, 0.05) is 38.7 Å². The van der Waals surface area contributed by atoms with Crippen LogP contribution in [0.15, 0.2) is 24.7 Å². The average molecular weight is 323 g/mol. The molecule has 0 spiro atoms. The number of carbonyl (C=O) groups excluding carboxylic acids is 1. The fourth-order valence-electron chi connectivity index (χ4n) is 2.30. The molecule has 0 saturated heterocycles. The molecule has 21 heavy (non-hydrogen) atoms. The molecule has 0 aromatic carbocycles. The number of aryl methyl sites for hydroxylation is 1. The first kappa shape index (κ1) is 14.3. The standard InChI is InChI=1S/C14H15ClN4OS/c1-18-7-4-16-13(18)11-9-17-14(21-11)10-2-5-19(6-3-10)12(20)8-15/h2,4,7,9H,3,5-6,8H2,1H3. The monoisotopic (exact) mass is 322 g/mol. The number of nitrogens with zero attached hydrogens (tertiary/aromatic N) is 4. The van der Waals surface area contributed by atoms with E-state index < -0.39 is 0 Å². The third-order valence-corrected chi connectivity index (χ3v) is 4.80. The highest BCUT2D eigenvalue weighted by molar-refractivity contribution is 7.16. The lowest BCUT2D eigenvalue weighted by Crippen LogP contribution is -2.35. The molecule has 1 aliphatic rings. The molecule has 3 heterocycles. The van der Waals surface area contributed by atoms with Crippen molar-refractivity contribution in [1.82, 2.24) is 19.4 Å². The van der Waals surface area contributed by atoms with Gasteiger partial charge in [-0.3, -0.25) is 4.79 Å². The smallest absolute Gasteiger partial charge is 0.237 e. The van der Waals surface area contributed by atoms with Crippen LogP contribution in [0.2, 0.25) is 0 Å². The van der Waals surface area contributed by atoms with Gasteiger partial charge >= 0.3 is 0 Å². The summed E-state index contributed by atoms with van der Waals surface area (Å²) in [5.74, 6) is 0.956. The molecule has 0 atom stereocenters. The van der Waals surface area contributed by atoms with Crippen molar-refractivity contribution in [3.8, 4) is 10.7 Å². The summed E-state index contributed by atoms with van der Waals surface area (Å²) in [5, 5.41) is 1.01. The van der Waals surface area contributed by atoms with Gasteiger partial charge in [0.05, 0.1) is 4.88 Å². The van der Waals surface area contributed by atoms with E-state index >= 15 is 0 Å². The number of halogens is 1. The van der Waals surface area contributed by atoms with Crippen LogP contribution in [0.1, 0.15) is 11.4 Å². The number of carbonyl (C=O) groups is 1. The Morgan fingerprint density at radius 1 is 1.48 bits per heavy atom. The lowest BCUT2D eigenvalue weighted by atomic mass is 10.1. The van der Waals surface area contributed by atoms with Crippen molar-refractivity contribution < 1.29 is 4.79 Å². The highest BCUT2D eigenvalue weighted by atomic mass is 35.5. The number of amides is 1. The van der Waals surface area contributed by atoms with Crippen LogP contribution in [0.5, 0.6) is 0 Å². The van der Waals surface area contributed by atoms with Gasteiger partial charge in [-0.1, -0.05) is 6.08 Å². The molecule has 0 saturated carbocycles. The van der Waals surface area contributed by atoms with E-state index in [1.54, 1.807) is 22.4 Å². The summed E-state index contributed by atoms with van der Waals surface area (Å²) in [6.07, 6.45) is 8.44. The number of aromatic nitrogens is 3. The summed E-state index contributed by atoms with van der Waals surface area (Å²) >= 11 is 7.22. The Balaban J connectivity index is 1.77. The van der Waals surface area contributed by atoms with E-state index in [1.165, 1.54) is 5.57 Å². The van der Waals surface area contributed by atoms with Crippen LogP contribution in [0.3, 0.4) is 0 Å². The van der Waals surface area contributed by atoms with Crippen molar-refractivity contribution in [3.63, 3.8) is 0 Å². The van der Waals surface area contributed by atoms with Crippen molar-refractivity contribution in [1.29, 1.82) is 0 Å². The van der Waals surface area contributed by atoms with Gasteiger partial charge < -0.3 is 9.47 Å². The predicted molar refractivity (Wildman–Crippen MR) is 84.2 cm³/mol. The van der Waals surface area contributed by atoms with E-state index in [1.807, 2.05) is 24.0 Å². The summed E-state index contributed by atoms with van der Waals surface area (Å²) in [5.41, 5.74) is 1.19. The Morgan fingerprint density at radius 3 is 2.95 bits per heavy atom. The molecule has 5 nitrogen and oxygen atoms in total. The molecular weight excluding hydrogens is 308 g/mol. The molecule has 1 amide bonds. The van der Waals surface area contributed by atoms with Crippen LogP contribution in [0.4, 0.5) is 0 Å². The highest BCUT2D eigenvalue weighted by Gasteiger charge is 2.19. The first-order chi connectivity index (χ1) is 10.2. The van der Waals surface area contributed by atoms with Crippen LogP contribution in [-0.4, -0.2) is 44.3 Å². The summed E-state index contributed by atoms with van der Waals surface area (Å²) in [6.45, 7) is 1.31. The normalized spacial score (nSPS) is 15.1. The number of rotatable bonds is 3. The van der Waals surface area contributed by atoms with Crippen LogP contribution in [-0.2, 0) is 11.8 Å². The van der Waals surface area contributed by atoms with Crippen molar-refractivity contribution >= 4 is 34.4 Å². The maximum atomic E-state index is 11.5. The zero-order valence-electron chi connectivity index (χ0n) is 11.6. The fraction of sp³-hybridized carbons (Fsp3) is 0.357. The second-order valence-corrected chi connectivity index (χ2v) is 6.14. The quantitative estimate of drug-likeness (QED) is 0.815. The minimum absolute atomic E-state index is 0.0141. The zero-order chi connectivity index (χ0) is 14.8. The molecule has 2 aromatic heterocycles. The number of alkyl halides is 1. The molecule has 0 aliphatic carbocycles. The van der Waals surface area contributed by atoms with E-state index in [0.717, 1.165) is 22.1 Å². The minimum atomic E-state index is -0.0141. The SMILES string of the molecule is Cn1ccnc1-c1cnc(C2=CCN(C(=O)CCl)CC2)s1. The van der Waals surface area contributed by atoms with Crippen LogP contribution < -0.4 is 0 Å². The van der Waals surface area contributed by atoms with Gasteiger partial charge in [-0.05, 0) is 12.0 Å². The Kier molecular flexibility index (Phi) is 4.07. The Labute approximate surface area is 131 Å². The Hall–Kier alpha value is -1.66. The van der Waals surface area contributed by atoms with E-state index in [0.29, 0.717) is 13.1 Å². The number of hydrogen-bond acceptors (Lipinski definition) is 4. The first-order valence-corrected chi connectivity index (χ1v) is 8.01. The van der Waals surface area contributed by atoms with Crippen molar-refractivity contribution in [3.05, 3.63) is 29.7 Å². The molecule has 7 heteroatoms. The first-order valence-electron chi connectivity index (χ1n) is 6.65. The van der Waals surface area contributed by atoms with Gasteiger partial charge in [0.2, 0.25) is 5.91 Å². The predicted octanol–water partition coefficient (Wildman–Crippen LogP) is 2.40. The van der Waals surface area contributed by atoms with Gasteiger partial charge in [0.1, 0.15) is 10.9 Å². The lowest BCUT2D eigenvalue weighted by Gasteiger charge is -2.25. The maximum absolute atomic E-state index is 11.5. The van der Waals surface area contributed by atoms with Crippen LogP contribution >= 0.6 is 22.9 Å². The summed E-state index contributed by atoms with van der Waals surface area (Å²) in [7, 11) is 1.97. The summed E-state index contributed by atoms with van der Waals surface area (Å²) in [6, 6.07) is 0. The Morgan fingerprint density at radius 2 is 2.33 bits per heavy atom. The van der Waals surface area contributed by atoms with E-state index in [2.05, 4.69) is 16.0 Å². The number of imidazole rings is 1. The molecular formula is C14H15ClN4OS. The topological polar surface area (TPSA) is 51.0 Å². The lowest BCUT2D eigenvalue weighted by molar-refractivity contribution is -0.128. The zero-order valence-corrected chi connectivity index (χ0v) is 13.2. The van der Waals surface area contributed by atoms with Crippen LogP contribution in [0, 0.1) is 0 Å². The summed E-state index contributed by atoms with van der Waals surface area (Å²) < 4.78 is 1.98. The largest absolute Gasteiger partial charge is 0.338 e. The molecule has 0 bridgehead atoms. The maximum Gasteiger partial charge on any atom is 0.237 e. The van der Waals surface area contributed by atoms with Gasteiger partial charge in [0.25, 0.3) is 0 Å². The van der Waals surface area contributed by atoms with Crippen molar-refractivity contribution in [2.45, 2.75) is 6.42 Å². The second kappa shape index (κ2) is 5.99. The van der Waals surface area contributed by atoms with Gasteiger partial charge in [0.15, 0.2) is 5.82 Å². The molecule has 0 unspecified atom stereocenters. The van der Waals surface area contributed by atoms with Crippen molar-refractivity contribution in [2.24, 2.45) is 7.05 Å². The van der Waals surface area contributed by atoms with E-state index in [4.69, 9.17) is 11.6 Å². The number of thiazole rings is 1. The Bertz CT molecular complexity index is 691. The van der Waals surface area contributed by atoms with E-state index in [9.17, 15) is 4.79 Å². The fourth-order valence-corrected chi connectivity index (χ4v) is 3.50. The third-order valence-electron chi connectivity index (χ3n) is 3.50. The van der Waals surface area contributed by atoms with Gasteiger partial charge in [-0.2, -0.15) is 0 Å². The molecule has 2 aromatic rings. The molecule has 0 N–H and O–H groups in total. The molecule has 0 fully saturated rings. The molecule has 3 rings (SSSR count).